The van der Waals surface area contributed by atoms with E-state index in [1.807, 2.05) is 31.2 Å². The van der Waals surface area contributed by atoms with Gasteiger partial charge in [0.15, 0.2) is 4.60 Å². The summed E-state index contributed by atoms with van der Waals surface area (Å²) in [6.45, 7) is 2.25. The summed E-state index contributed by atoms with van der Waals surface area (Å²) < 4.78 is 27.8. The smallest absolute Gasteiger partial charge is 0.235 e. The van der Waals surface area contributed by atoms with E-state index in [4.69, 9.17) is 0 Å². The number of sulfonamides is 1. The van der Waals surface area contributed by atoms with Crippen LogP contribution in [-0.4, -0.2) is 34.8 Å². The van der Waals surface area contributed by atoms with Gasteiger partial charge in [0.25, 0.3) is 10.0 Å². The fraction of sp³-hybridized carbons (Fsp3) is 0.333. The zero-order valence-electron chi connectivity index (χ0n) is 11.4. The van der Waals surface area contributed by atoms with E-state index in [0.717, 1.165) is 11.1 Å². The fourth-order valence-corrected chi connectivity index (χ4v) is 4.03. The summed E-state index contributed by atoms with van der Waals surface area (Å²) in [5.74, 6) is 0. The number of rotatable bonds is 4. The van der Waals surface area contributed by atoms with Crippen molar-refractivity contribution in [3.63, 3.8) is 0 Å². The fourth-order valence-electron chi connectivity index (χ4n) is 1.86. The largest absolute Gasteiger partial charge is 0.263 e. The van der Waals surface area contributed by atoms with Gasteiger partial charge < -0.3 is 0 Å². The molecule has 0 saturated heterocycles. The highest BCUT2D eigenvalue weighted by molar-refractivity contribution is 9.10. The molecule has 0 aliphatic rings. The van der Waals surface area contributed by atoms with Crippen molar-refractivity contribution in [2.24, 2.45) is 7.05 Å². The topological polar surface area (TPSA) is 68.1 Å². The van der Waals surface area contributed by atoms with Crippen molar-refractivity contribution >= 4 is 26.0 Å². The molecule has 0 radical (unpaired) electrons. The zero-order valence-corrected chi connectivity index (χ0v) is 13.8. The molecule has 0 amide bonds. The first-order chi connectivity index (χ1) is 9.34. The molecule has 0 spiro atoms. The van der Waals surface area contributed by atoms with E-state index >= 15 is 0 Å². The molecule has 0 unspecified atom stereocenters. The molecular weight excluding hydrogens is 344 g/mol. The Morgan fingerprint density at radius 2 is 2.00 bits per heavy atom. The molecule has 0 fully saturated rings. The second-order valence-corrected chi connectivity index (χ2v) is 7.21. The van der Waals surface area contributed by atoms with Crippen molar-refractivity contribution in [1.82, 2.24) is 19.3 Å². The second kappa shape index (κ2) is 5.63. The molecule has 1 heterocycles. The summed E-state index contributed by atoms with van der Waals surface area (Å²) in [7, 11) is -0.557. The molecule has 1 aromatic carbocycles. The Labute approximate surface area is 126 Å². The molecule has 0 aliphatic heterocycles. The molecule has 108 valence electrons. The Balaban J connectivity index is 2.34. The van der Waals surface area contributed by atoms with Gasteiger partial charge in [-0.1, -0.05) is 29.5 Å². The predicted octanol–water partition coefficient (Wildman–Crippen LogP) is 1.71. The third-order valence-electron chi connectivity index (χ3n) is 3.05. The van der Waals surface area contributed by atoms with Crippen LogP contribution in [0.3, 0.4) is 0 Å². The minimum atomic E-state index is -3.65. The monoisotopic (exact) mass is 358 g/mol. The van der Waals surface area contributed by atoms with Crippen molar-refractivity contribution < 1.29 is 8.42 Å². The summed E-state index contributed by atoms with van der Waals surface area (Å²) >= 11 is 3.12. The molecule has 2 rings (SSSR count). The zero-order chi connectivity index (χ0) is 14.9. The van der Waals surface area contributed by atoms with Crippen LogP contribution >= 0.6 is 15.9 Å². The lowest BCUT2D eigenvalue weighted by atomic mass is 10.1. The summed E-state index contributed by atoms with van der Waals surface area (Å²) in [5, 5.41) is 7.47. The average molecular weight is 359 g/mol. The number of aromatic nitrogens is 3. The van der Waals surface area contributed by atoms with Crippen LogP contribution in [-0.2, 0) is 23.6 Å². The number of halogens is 1. The maximum atomic E-state index is 12.5. The number of benzene rings is 1. The first kappa shape index (κ1) is 15.1. The van der Waals surface area contributed by atoms with Gasteiger partial charge in [-0.15, -0.1) is 5.10 Å². The Bertz CT molecular complexity index is 707. The molecule has 6 nitrogen and oxygen atoms in total. The average Bonchev–Trinajstić information content (AvgIpc) is 2.72. The summed E-state index contributed by atoms with van der Waals surface area (Å²) in [6.07, 6.45) is 0. The van der Waals surface area contributed by atoms with Gasteiger partial charge in [0.2, 0.25) is 5.03 Å². The van der Waals surface area contributed by atoms with Gasteiger partial charge >= 0.3 is 0 Å². The number of nitrogens with zero attached hydrogens (tertiary/aromatic N) is 4. The maximum absolute atomic E-state index is 12.5. The van der Waals surface area contributed by atoms with Gasteiger partial charge in [-0.3, -0.25) is 0 Å². The van der Waals surface area contributed by atoms with Crippen LogP contribution in [0.4, 0.5) is 0 Å². The van der Waals surface area contributed by atoms with Crippen molar-refractivity contribution in [3.05, 3.63) is 40.0 Å². The van der Waals surface area contributed by atoms with Crippen LogP contribution < -0.4 is 0 Å². The van der Waals surface area contributed by atoms with Crippen LogP contribution in [0.25, 0.3) is 0 Å². The number of aryl methyl sites for hydroxylation is 2. The second-order valence-electron chi connectivity index (χ2n) is 4.50. The van der Waals surface area contributed by atoms with E-state index in [1.54, 1.807) is 14.1 Å². The first-order valence-corrected chi connectivity index (χ1v) is 8.13. The summed E-state index contributed by atoms with van der Waals surface area (Å²) in [6, 6.07) is 7.69. The summed E-state index contributed by atoms with van der Waals surface area (Å²) in [4.78, 5) is 0. The highest BCUT2D eigenvalue weighted by atomic mass is 79.9. The molecule has 0 saturated carbocycles. The van der Waals surface area contributed by atoms with Crippen LogP contribution in [0.15, 0.2) is 33.9 Å². The SMILES string of the molecule is Cc1ccccc1CN(C)S(=O)(=O)c1c(Br)nnn1C. The van der Waals surface area contributed by atoms with Crippen LogP contribution in [0.1, 0.15) is 11.1 Å². The lowest BCUT2D eigenvalue weighted by Gasteiger charge is -2.18. The van der Waals surface area contributed by atoms with Crippen LogP contribution in [0, 0.1) is 6.92 Å². The molecule has 20 heavy (non-hydrogen) atoms. The third-order valence-corrected chi connectivity index (χ3v) is 5.74. The van der Waals surface area contributed by atoms with Gasteiger partial charge in [0.1, 0.15) is 0 Å². The van der Waals surface area contributed by atoms with Crippen molar-refractivity contribution in [2.75, 3.05) is 7.05 Å². The van der Waals surface area contributed by atoms with Gasteiger partial charge in [-0.25, -0.2) is 13.1 Å². The van der Waals surface area contributed by atoms with Crippen LogP contribution in [0.2, 0.25) is 0 Å². The minimum absolute atomic E-state index is 0.0496. The van der Waals surface area contributed by atoms with E-state index in [1.165, 1.54) is 8.99 Å². The van der Waals surface area contributed by atoms with Gasteiger partial charge in [-0.05, 0) is 34.0 Å². The summed E-state index contributed by atoms with van der Waals surface area (Å²) in [5.41, 5.74) is 2.02. The van der Waals surface area contributed by atoms with Crippen LogP contribution in [0.5, 0.6) is 0 Å². The molecule has 0 N–H and O–H groups in total. The van der Waals surface area contributed by atoms with E-state index in [-0.39, 0.29) is 9.63 Å². The third kappa shape index (κ3) is 2.77. The van der Waals surface area contributed by atoms with Gasteiger partial charge in [0, 0.05) is 20.6 Å². The first-order valence-electron chi connectivity index (χ1n) is 5.90. The Hall–Kier alpha value is -1.25. The van der Waals surface area contributed by atoms with E-state index in [2.05, 4.69) is 26.2 Å². The Kier molecular flexibility index (Phi) is 4.26. The van der Waals surface area contributed by atoms with Gasteiger partial charge in [0.05, 0.1) is 0 Å². The Morgan fingerprint density at radius 3 is 2.55 bits per heavy atom. The molecule has 0 bridgehead atoms. The lowest BCUT2D eigenvalue weighted by molar-refractivity contribution is 0.456. The highest BCUT2D eigenvalue weighted by Gasteiger charge is 2.28. The van der Waals surface area contributed by atoms with Crippen molar-refractivity contribution in [1.29, 1.82) is 0 Å². The molecule has 0 aliphatic carbocycles. The molecule has 0 atom stereocenters. The highest BCUT2D eigenvalue weighted by Crippen LogP contribution is 2.23. The van der Waals surface area contributed by atoms with Crippen molar-refractivity contribution in [2.45, 2.75) is 18.5 Å². The molecular formula is C12H15BrN4O2S. The molecule has 2 aromatic rings. The van der Waals surface area contributed by atoms with E-state index < -0.39 is 10.0 Å². The van der Waals surface area contributed by atoms with E-state index in [0.29, 0.717) is 6.54 Å². The van der Waals surface area contributed by atoms with E-state index in [9.17, 15) is 8.42 Å². The number of hydrogen-bond donors (Lipinski definition) is 0. The molecule has 8 heteroatoms. The van der Waals surface area contributed by atoms with Gasteiger partial charge in [-0.2, -0.15) is 4.31 Å². The lowest BCUT2D eigenvalue weighted by Crippen LogP contribution is -2.28. The molecule has 1 aromatic heterocycles. The predicted molar refractivity (Wildman–Crippen MR) is 78.5 cm³/mol. The maximum Gasteiger partial charge on any atom is 0.263 e. The normalized spacial score (nSPS) is 12.1. The quantitative estimate of drug-likeness (QED) is 0.834. The van der Waals surface area contributed by atoms with Crippen molar-refractivity contribution in [3.8, 4) is 0 Å². The minimum Gasteiger partial charge on any atom is -0.235 e. The standard InChI is InChI=1S/C12H15BrN4O2S/c1-9-6-4-5-7-10(9)8-16(2)20(18,19)12-11(13)14-15-17(12)3/h4-7H,8H2,1-3H3. The Morgan fingerprint density at radius 1 is 1.35 bits per heavy atom. The number of hydrogen-bond acceptors (Lipinski definition) is 4.